The first-order valence-corrected chi connectivity index (χ1v) is 6.08. The number of hydrogen-bond acceptors (Lipinski definition) is 2. The largest absolute Gasteiger partial charge is 0.481 e. The van der Waals surface area contributed by atoms with Crippen LogP contribution in [0.15, 0.2) is 0 Å². The standard InChI is InChI=1S/C12H19NO3/c1-7(14)13-11-8-3-2-4-9(11)6-10(5-8)12(15)16/h8-11H,2-6H2,1H3,(H,13,14)(H,15,16). The predicted octanol–water partition coefficient (Wildman–Crippen LogP) is 1.40. The Kier molecular flexibility index (Phi) is 3.17. The number of carboxylic acid groups (broad SMARTS) is 1. The third-order valence-electron chi connectivity index (χ3n) is 4.06. The van der Waals surface area contributed by atoms with Gasteiger partial charge in [-0.05, 0) is 37.5 Å². The lowest BCUT2D eigenvalue weighted by Gasteiger charge is -2.44. The van der Waals surface area contributed by atoms with Crippen molar-refractivity contribution in [3.8, 4) is 0 Å². The van der Waals surface area contributed by atoms with Crippen molar-refractivity contribution < 1.29 is 14.7 Å². The Bertz CT molecular complexity index is 289. The molecule has 2 fully saturated rings. The summed E-state index contributed by atoms with van der Waals surface area (Å²) in [6.07, 6.45) is 4.77. The van der Waals surface area contributed by atoms with Crippen LogP contribution in [0.1, 0.15) is 39.0 Å². The van der Waals surface area contributed by atoms with Crippen molar-refractivity contribution in [2.45, 2.75) is 45.1 Å². The number of nitrogens with one attached hydrogen (secondary N) is 1. The Labute approximate surface area is 95.4 Å². The molecule has 2 saturated carbocycles. The van der Waals surface area contributed by atoms with Crippen LogP contribution in [0.4, 0.5) is 0 Å². The molecule has 4 heteroatoms. The van der Waals surface area contributed by atoms with E-state index in [1.54, 1.807) is 6.92 Å². The Morgan fingerprint density at radius 3 is 2.19 bits per heavy atom. The van der Waals surface area contributed by atoms with Crippen molar-refractivity contribution in [3.63, 3.8) is 0 Å². The van der Waals surface area contributed by atoms with Crippen molar-refractivity contribution in [2.24, 2.45) is 17.8 Å². The van der Waals surface area contributed by atoms with Crippen molar-refractivity contribution in [1.82, 2.24) is 5.32 Å². The fraction of sp³-hybridized carbons (Fsp3) is 0.833. The van der Waals surface area contributed by atoms with Crippen molar-refractivity contribution in [3.05, 3.63) is 0 Å². The molecule has 4 nitrogen and oxygen atoms in total. The van der Waals surface area contributed by atoms with Gasteiger partial charge in [0, 0.05) is 13.0 Å². The Balaban J connectivity index is 2.07. The summed E-state index contributed by atoms with van der Waals surface area (Å²) >= 11 is 0. The van der Waals surface area contributed by atoms with E-state index in [0.29, 0.717) is 11.8 Å². The molecular weight excluding hydrogens is 206 g/mol. The van der Waals surface area contributed by atoms with E-state index < -0.39 is 5.97 Å². The summed E-state index contributed by atoms with van der Waals surface area (Å²) in [4.78, 5) is 22.2. The fourth-order valence-electron chi connectivity index (χ4n) is 3.41. The molecule has 1 amide bonds. The summed E-state index contributed by atoms with van der Waals surface area (Å²) in [5.41, 5.74) is 0. The summed E-state index contributed by atoms with van der Waals surface area (Å²) in [5, 5.41) is 12.1. The van der Waals surface area contributed by atoms with Crippen LogP contribution in [0.5, 0.6) is 0 Å². The molecule has 0 aromatic carbocycles. The number of hydrogen-bond donors (Lipinski definition) is 2. The second-order valence-electron chi connectivity index (χ2n) is 5.18. The Morgan fingerprint density at radius 1 is 1.19 bits per heavy atom. The molecule has 2 aliphatic carbocycles. The molecule has 0 aromatic rings. The van der Waals surface area contributed by atoms with Gasteiger partial charge in [-0.3, -0.25) is 9.59 Å². The minimum atomic E-state index is -0.668. The molecule has 2 rings (SSSR count). The van der Waals surface area contributed by atoms with Gasteiger partial charge in [0.25, 0.3) is 0 Å². The highest BCUT2D eigenvalue weighted by molar-refractivity contribution is 5.73. The second kappa shape index (κ2) is 4.44. The molecule has 0 aliphatic heterocycles. The lowest BCUT2D eigenvalue weighted by atomic mass is 9.64. The SMILES string of the molecule is CC(=O)NC1C2CCCC1CC(C(=O)O)C2. The van der Waals surface area contributed by atoms with Gasteiger partial charge >= 0.3 is 5.97 Å². The number of fused-ring (bicyclic) bond motifs is 2. The molecule has 16 heavy (non-hydrogen) atoms. The maximum Gasteiger partial charge on any atom is 0.306 e. The molecular formula is C12H19NO3. The third-order valence-corrected chi connectivity index (χ3v) is 4.06. The van der Waals surface area contributed by atoms with Gasteiger partial charge in [-0.15, -0.1) is 0 Å². The Morgan fingerprint density at radius 2 is 1.75 bits per heavy atom. The van der Waals surface area contributed by atoms with E-state index in [1.807, 2.05) is 0 Å². The zero-order valence-electron chi connectivity index (χ0n) is 9.61. The van der Waals surface area contributed by atoms with E-state index in [4.69, 9.17) is 5.11 Å². The van der Waals surface area contributed by atoms with Gasteiger partial charge in [0.2, 0.25) is 5.91 Å². The van der Waals surface area contributed by atoms with Gasteiger partial charge in [-0.2, -0.15) is 0 Å². The zero-order chi connectivity index (χ0) is 11.7. The average Bonchev–Trinajstić information content (AvgIpc) is 2.15. The highest BCUT2D eigenvalue weighted by Crippen LogP contribution is 2.42. The molecule has 90 valence electrons. The minimum absolute atomic E-state index is 0.00988. The first-order chi connectivity index (χ1) is 7.58. The summed E-state index contributed by atoms with van der Waals surface area (Å²) in [6, 6.07) is 0.224. The summed E-state index contributed by atoms with van der Waals surface area (Å²) < 4.78 is 0. The van der Waals surface area contributed by atoms with Crippen LogP contribution in [0.2, 0.25) is 0 Å². The van der Waals surface area contributed by atoms with Crippen LogP contribution >= 0.6 is 0 Å². The number of rotatable bonds is 2. The van der Waals surface area contributed by atoms with Crippen LogP contribution in [-0.2, 0) is 9.59 Å². The van der Waals surface area contributed by atoms with E-state index in [2.05, 4.69) is 5.32 Å². The number of carbonyl (C=O) groups excluding carboxylic acids is 1. The smallest absolute Gasteiger partial charge is 0.306 e. The molecule has 0 radical (unpaired) electrons. The van der Waals surface area contributed by atoms with Crippen LogP contribution in [-0.4, -0.2) is 23.0 Å². The molecule has 2 unspecified atom stereocenters. The van der Waals surface area contributed by atoms with E-state index in [-0.39, 0.29) is 17.9 Å². The monoisotopic (exact) mass is 225 g/mol. The van der Waals surface area contributed by atoms with Crippen molar-refractivity contribution in [2.75, 3.05) is 0 Å². The summed E-state index contributed by atoms with van der Waals surface area (Å²) in [6.45, 7) is 1.54. The maximum absolute atomic E-state index is 11.1. The molecule has 0 saturated heterocycles. The maximum atomic E-state index is 11.1. The van der Waals surface area contributed by atoms with Gasteiger partial charge in [-0.1, -0.05) is 6.42 Å². The van der Waals surface area contributed by atoms with Gasteiger partial charge in [-0.25, -0.2) is 0 Å². The van der Waals surface area contributed by atoms with Crippen LogP contribution in [0, 0.1) is 17.8 Å². The van der Waals surface area contributed by atoms with E-state index in [0.717, 1.165) is 25.7 Å². The Hall–Kier alpha value is -1.06. The quantitative estimate of drug-likeness (QED) is 0.746. The lowest BCUT2D eigenvalue weighted by Crippen LogP contribution is -2.51. The lowest BCUT2D eigenvalue weighted by molar-refractivity contribution is -0.145. The van der Waals surface area contributed by atoms with Crippen LogP contribution in [0.25, 0.3) is 0 Å². The number of aliphatic carboxylic acids is 1. The van der Waals surface area contributed by atoms with Gasteiger partial charge < -0.3 is 10.4 Å². The highest BCUT2D eigenvalue weighted by Gasteiger charge is 2.42. The van der Waals surface area contributed by atoms with Crippen molar-refractivity contribution in [1.29, 1.82) is 0 Å². The predicted molar refractivity (Wildman–Crippen MR) is 58.8 cm³/mol. The zero-order valence-corrected chi connectivity index (χ0v) is 9.61. The molecule has 2 atom stereocenters. The molecule has 0 heterocycles. The van der Waals surface area contributed by atoms with Crippen molar-refractivity contribution >= 4 is 11.9 Å². The van der Waals surface area contributed by atoms with E-state index in [9.17, 15) is 9.59 Å². The topological polar surface area (TPSA) is 66.4 Å². The van der Waals surface area contributed by atoms with E-state index >= 15 is 0 Å². The van der Waals surface area contributed by atoms with Crippen LogP contribution in [0.3, 0.4) is 0 Å². The summed E-state index contributed by atoms with van der Waals surface area (Å²) in [5.74, 6) is -0.107. The first kappa shape index (κ1) is 11.4. The van der Waals surface area contributed by atoms with E-state index in [1.165, 1.54) is 6.42 Å². The number of carboxylic acids is 1. The first-order valence-electron chi connectivity index (χ1n) is 6.08. The molecule has 0 spiro atoms. The van der Waals surface area contributed by atoms with Gasteiger partial charge in [0.15, 0.2) is 0 Å². The van der Waals surface area contributed by atoms with Gasteiger partial charge in [0.1, 0.15) is 0 Å². The summed E-state index contributed by atoms with van der Waals surface area (Å²) in [7, 11) is 0. The molecule has 2 aliphatic rings. The highest BCUT2D eigenvalue weighted by atomic mass is 16.4. The average molecular weight is 225 g/mol. The fourth-order valence-corrected chi connectivity index (χ4v) is 3.41. The molecule has 2 N–H and O–H groups in total. The second-order valence-corrected chi connectivity index (χ2v) is 5.18. The van der Waals surface area contributed by atoms with Gasteiger partial charge in [0.05, 0.1) is 5.92 Å². The normalized spacial score (nSPS) is 37.8. The molecule has 0 aromatic heterocycles. The molecule has 2 bridgehead atoms. The minimum Gasteiger partial charge on any atom is -0.481 e. The number of carbonyl (C=O) groups is 2. The van der Waals surface area contributed by atoms with Crippen LogP contribution < -0.4 is 5.32 Å². The third kappa shape index (κ3) is 2.20. The number of amides is 1.